The molecular weight excluding hydrogens is 387 g/mol. The van der Waals surface area contributed by atoms with Gasteiger partial charge in [-0.3, -0.25) is 14.9 Å². The van der Waals surface area contributed by atoms with Crippen LogP contribution in [0.4, 0.5) is 5.13 Å². The summed E-state index contributed by atoms with van der Waals surface area (Å²) in [6.45, 7) is 3.11. The number of nitrogens with one attached hydrogen (secondary N) is 2. The van der Waals surface area contributed by atoms with Crippen LogP contribution >= 0.6 is 36.2 Å². The average Bonchev–Trinajstić information content (AvgIpc) is 3.13. The number of amides is 2. The maximum atomic E-state index is 12.1. The van der Waals surface area contributed by atoms with Crippen molar-refractivity contribution in [3.8, 4) is 0 Å². The summed E-state index contributed by atoms with van der Waals surface area (Å²) in [6.07, 6.45) is 1.69. The maximum absolute atomic E-state index is 12.1. The van der Waals surface area contributed by atoms with Gasteiger partial charge in [0.1, 0.15) is 5.76 Å². The molecule has 0 saturated carbocycles. The van der Waals surface area contributed by atoms with Gasteiger partial charge in [0.2, 0.25) is 5.91 Å². The highest BCUT2D eigenvalue weighted by Gasteiger charge is 2.15. The molecule has 0 fully saturated rings. The Kier molecular flexibility index (Phi) is 10.4. The molecule has 0 aliphatic heterocycles. The number of anilines is 1. The molecule has 2 heterocycles. The Hall–Kier alpha value is -1.61. The zero-order chi connectivity index (χ0) is 16.8. The number of nitrogens with zero attached hydrogens (tertiary/aromatic N) is 2. The van der Waals surface area contributed by atoms with Crippen LogP contribution < -0.4 is 10.6 Å². The number of furan rings is 1. The number of halogens is 2. The van der Waals surface area contributed by atoms with Crippen molar-refractivity contribution < 1.29 is 14.0 Å². The number of aromatic nitrogens is 1. The highest BCUT2D eigenvalue weighted by Crippen LogP contribution is 2.18. The third-order valence-corrected chi connectivity index (χ3v) is 4.14. The largest absolute Gasteiger partial charge is 0.469 e. The van der Waals surface area contributed by atoms with Gasteiger partial charge in [0.25, 0.3) is 5.91 Å². The van der Waals surface area contributed by atoms with Gasteiger partial charge in [-0.15, -0.1) is 36.2 Å². The van der Waals surface area contributed by atoms with E-state index in [1.54, 1.807) is 30.3 Å². The fourth-order valence-electron chi connectivity index (χ4n) is 1.92. The van der Waals surface area contributed by atoms with Crippen molar-refractivity contribution in [3.63, 3.8) is 0 Å². The molecule has 2 N–H and O–H groups in total. The molecule has 2 aromatic heterocycles. The number of likely N-dealkylation sites (N-methyl/N-ethyl adjacent to an activating group) is 2. The highest BCUT2D eigenvalue weighted by molar-refractivity contribution is 7.14. The first-order chi connectivity index (χ1) is 11.0. The van der Waals surface area contributed by atoms with E-state index in [0.29, 0.717) is 28.7 Å². The van der Waals surface area contributed by atoms with Crippen molar-refractivity contribution in [2.75, 3.05) is 32.5 Å². The van der Waals surface area contributed by atoms with Crippen LogP contribution in [0.3, 0.4) is 0 Å². The first-order valence-corrected chi connectivity index (χ1v) is 8.07. The van der Waals surface area contributed by atoms with Gasteiger partial charge < -0.3 is 14.6 Å². The molecule has 0 spiro atoms. The summed E-state index contributed by atoms with van der Waals surface area (Å²) >= 11 is 1.30. The van der Waals surface area contributed by atoms with Crippen LogP contribution in [-0.4, -0.2) is 48.9 Å². The van der Waals surface area contributed by atoms with E-state index >= 15 is 0 Å². The summed E-state index contributed by atoms with van der Waals surface area (Å²) in [6, 6.07) is 1.61. The standard InChI is InChI=1S/C15H20N4O3S.2ClH/c1-10-12(4-7-22-10)14(21)18-15-17-11(9-23-15)8-13(20)19(3)6-5-16-2;;/h4,7,9,16H,5-6,8H2,1-3H3,(H,17,18,21);2*1H. The van der Waals surface area contributed by atoms with Crippen LogP contribution in [0, 0.1) is 6.92 Å². The van der Waals surface area contributed by atoms with Crippen LogP contribution in [-0.2, 0) is 11.2 Å². The molecule has 0 aromatic carbocycles. The summed E-state index contributed by atoms with van der Waals surface area (Å²) in [5.41, 5.74) is 1.13. The van der Waals surface area contributed by atoms with E-state index in [0.717, 1.165) is 6.54 Å². The Balaban J connectivity index is 0.00000288. The molecule has 0 unspecified atom stereocenters. The Morgan fingerprint density at radius 2 is 2.08 bits per heavy atom. The van der Waals surface area contributed by atoms with Crippen LogP contribution in [0.2, 0.25) is 0 Å². The van der Waals surface area contributed by atoms with Crippen molar-refractivity contribution in [2.24, 2.45) is 0 Å². The minimum atomic E-state index is -0.269. The predicted molar refractivity (Wildman–Crippen MR) is 103 cm³/mol. The lowest BCUT2D eigenvalue weighted by molar-refractivity contribution is -0.129. The van der Waals surface area contributed by atoms with Crippen LogP contribution in [0.5, 0.6) is 0 Å². The first kappa shape index (κ1) is 23.4. The smallest absolute Gasteiger partial charge is 0.260 e. The van der Waals surface area contributed by atoms with E-state index in [1.165, 1.54) is 17.6 Å². The summed E-state index contributed by atoms with van der Waals surface area (Å²) in [5.74, 6) is 0.282. The van der Waals surface area contributed by atoms with Crippen molar-refractivity contribution in [1.29, 1.82) is 0 Å². The first-order valence-electron chi connectivity index (χ1n) is 7.19. The molecule has 25 heavy (non-hydrogen) atoms. The molecule has 0 bridgehead atoms. The van der Waals surface area contributed by atoms with Crippen LogP contribution in [0.25, 0.3) is 0 Å². The van der Waals surface area contributed by atoms with Crippen molar-refractivity contribution in [3.05, 3.63) is 34.7 Å². The Morgan fingerprint density at radius 1 is 1.36 bits per heavy atom. The van der Waals surface area contributed by atoms with Gasteiger partial charge in [-0.1, -0.05) is 0 Å². The molecule has 0 saturated heterocycles. The van der Waals surface area contributed by atoms with Gasteiger partial charge in [-0.05, 0) is 20.0 Å². The van der Waals surface area contributed by atoms with Crippen LogP contribution in [0.15, 0.2) is 22.1 Å². The molecule has 7 nitrogen and oxygen atoms in total. The Morgan fingerprint density at radius 3 is 2.68 bits per heavy atom. The second-order valence-corrected chi connectivity index (χ2v) is 5.94. The lowest BCUT2D eigenvalue weighted by Gasteiger charge is -2.15. The molecule has 2 aromatic rings. The normalized spacial score (nSPS) is 9.72. The molecule has 0 aliphatic rings. The highest BCUT2D eigenvalue weighted by atomic mass is 35.5. The zero-order valence-electron chi connectivity index (χ0n) is 14.2. The van der Waals surface area contributed by atoms with Crippen molar-refractivity contribution in [2.45, 2.75) is 13.3 Å². The van der Waals surface area contributed by atoms with Crippen molar-refractivity contribution in [1.82, 2.24) is 15.2 Å². The maximum Gasteiger partial charge on any atom is 0.260 e. The molecule has 0 atom stereocenters. The van der Waals surface area contributed by atoms with E-state index in [4.69, 9.17) is 4.42 Å². The average molecular weight is 409 g/mol. The quantitative estimate of drug-likeness (QED) is 0.733. The van der Waals surface area contributed by atoms with E-state index in [9.17, 15) is 9.59 Å². The molecule has 0 radical (unpaired) electrons. The minimum Gasteiger partial charge on any atom is -0.469 e. The van der Waals surface area contributed by atoms with Gasteiger partial charge in [0, 0.05) is 25.5 Å². The third kappa shape index (κ3) is 6.66. The summed E-state index contributed by atoms with van der Waals surface area (Å²) in [7, 11) is 3.60. The van der Waals surface area contributed by atoms with E-state index < -0.39 is 0 Å². The van der Waals surface area contributed by atoms with Crippen LogP contribution in [0.1, 0.15) is 21.8 Å². The van der Waals surface area contributed by atoms with E-state index in [2.05, 4.69) is 15.6 Å². The second kappa shape index (κ2) is 11.1. The van der Waals surface area contributed by atoms with Gasteiger partial charge in [0.15, 0.2) is 5.13 Å². The Bertz CT molecular complexity index is 690. The molecule has 2 amide bonds. The number of thiazole rings is 1. The number of rotatable bonds is 7. The summed E-state index contributed by atoms with van der Waals surface area (Å²) < 4.78 is 5.11. The topological polar surface area (TPSA) is 87.5 Å². The van der Waals surface area contributed by atoms with E-state index in [1.807, 2.05) is 7.05 Å². The number of carbonyl (C=O) groups excluding carboxylic acids is 2. The fourth-order valence-corrected chi connectivity index (χ4v) is 2.63. The van der Waals surface area contributed by atoms with Crippen molar-refractivity contribution >= 4 is 53.1 Å². The molecule has 2 rings (SSSR count). The predicted octanol–water partition coefficient (Wildman–Crippen LogP) is 2.36. The summed E-state index contributed by atoms with van der Waals surface area (Å²) in [5, 5.41) is 7.96. The second-order valence-electron chi connectivity index (χ2n) is 5.08. The minimum absolute atomic E-state index is 0. The molecular formula is C15H22Cl2N4O3S. The molecule has 140 valence electrons. The van der Waals surface area contributed by atoms with Gasteiger partial charge in [-0.2, -0.15) is 0 Å². The monoisotopic (exact) mass is 408 g/mol. The summed E-state index contributed by atoms with van der Waals surface area (Å²) in [4.78, 5) is 30.1. The van der Waals surface area contributed by atoms with E-state index in [-0.39, 0.29) is 43.0 Å². The number of carbonyl (C=O) groups is 2. The third-order valence-electron chi connectivity index (χ3n) is 3.33. The fraction of sp³-hybridized carbons (Fsp3) is 0.400. The number of hydrogen-bond donors (Lipinski definition) is 2. The lowest BCUT2D eigenvalue weighted by Crippen LogP contribution is -2.33. The number of hydrogen-bond acceptors (Lipinski definition) is 6. The SMILES string of the molecule is CNCCN(C)C(=O)Cc1csc(NC(=O)c2ccoc2C)n1.Cl.Cl. The molecule has 10 heteroatoms. The Labute approximate surface area is 163 Å². The number of aryl methyl sites for hydroxylation is 1. The van der Waals surface area contributed by atoms with Gasteiger partial charge >= 0.3 is 0 Å². The lowest BCUT2D eigenvalue weighted by atomic mass is 10.2. The van der Waals surface area contributed by atoms with Gasteiger partial charge in [0.05, 0.1) is 23.9 Å². The van der Waals surface area contributed by atoms with Gasteiger partial charge in [-0.25, -0.2) is 4.98 Å². The molecule has 0 aliphatic carbocycles. The zero-order valence-corrected chi connectivity index (χ0v) is 16.6.